The van der Waals surface area contributed by atoms with Crippen LogP contribution in [-0.4, -0.2) is 19.8 Å². The van der Waals surface area contributed by atoms with Crippen LogP contribution in [0.4, 0.5) is 0 Å². The Morgan fingerprint density at radius 2 is 2.06 bits per heavy atom. The molecule has 0 radical (unpaired) electrons. The third-order valence-corrected chi connectivity index (χ3v) is 2.69. The number of fused-ring (bicyclic) bond motifs is 1. The van der Waals surface area contributed by atoms with E-state index in [0.717, 1.165) is 6.26 Å². The lowest BCUT2D eigenvalue weighted by Crippen LogP contribution is -2.06. The molecule has 2 rings (SSSR count). The van der Waals surface area contributed by atoms with E-state index in [-0.39, 0.29) is 12.4 Å². The van der Waals surface area contributed by atoms with Gasteiger partial charge in [-0.15, -0.1) is 0 Å². The van der Waals surface area contributed by atoms with E-state index in [0.29, 0.717) is 22.3 Å². The summed E-state index contributed by atoms with van der Waals surface area (Å²) in [4.78, 5) is 0. The highest BCUT2D eigenvalue weighted by Gasteiger charge is 2.13. The first-order valence-corrected chi connectivity index (χ1v) is 6.74. The summed E-state index contributed by atoms with van der Waals surface area (Å²) in [5, 5.41) is 9.65. The number of hydrogen-bond donors (Lipinski definition) is 1. The van der Waals surface area contributed by atoms with Crippen LogP contribution in [0.15, 0.2) is 22.6 Å². The van der Waals surface area contributed by atoms with E-state index in [1.165, 1.54) is 6.07 Å². The zero-order chi connectivity index (χ0) is 12.6. The Bertz CT molecular complexity index is 654. The minimum atomic E-state index is -3.61. The fraction of sp³-hybridized carbons (Fsp3) is 0.273. The van der Waals surface area contributed by atoms with Crippen molar-refractivity contribution in [1.29, 1.82) is 0 Å². The lowest BCUT2D eigenvalue weighted by Gasteiger charge is -2.05. The predicted octanol–water partition coefficient (Wildman–Crippen LogP) is 1.57. The molecule has 0 atom stereocenters. The van der Waals surface area contributed by atoms with Crippen LogP contribution in [0.1, 0.15) is 11.3 Å². The van der Waals surface area contributed by atoms with Crippen molar-refractivity contribution < 1.29 is 22.1 Å². The van der Waals surface area contributed by atoms with Crippen molar-refractivity contribution in [2.75, 3.05) is 6.26 Å². The summed E-state index contributed by atoms with van der Waals surface area (Å²) >= 11 is 0. The zero-order valence-electron chi connectivity index (χ0n) is 9.43. The lowest BCUT2D eigenvalue weighted by atomic mass is 10.1. The normalized spacial score (nSPS) is 11.9. The number of benzene rings is 1. The van der Waals surface area contributed by atoms with E-state index in [2.05, 4.69) is 0 Å². The van der Waals surface area contributed by atoms with Crippen LogP contribution >= 0.6 is 0 Å². The lowest BCUT2D eigenvalue weighted by molar-refractivity contribution is 0.281. The minimum Gasteiger partial charge on any atom is -0.461 e. The summed E-state index contributed by atoms with van der Waals surface area (Å²) in [7, 11) is -3.61. The minimum absolute atomic E-state index is 0.172. The standard InChI is InChI=1S/C11H12O5S/c1-7-3-9-10(15-7)4-8(6-12)5-11(9)16-17(2,13)14/h3-5,12H,6H2,1-2H3. The monoisotopic (exact) mass is 256 g/mol. The highest BCUT2D eigenvalue weighted by molar-refractivity contribution is 7.86. The summed E-state index contributed by atoms with van der Waals surface area (Å²) < 4.78 is 32.5. The third kappa shape index (κ3) is 2.59. The molecule has 1 N–H and O–H groups in total. The molecule has 6 heteroatoms. The van der Waals surface area contributed by atoms with E-state index in [1.54, 1.807) is 19.1 Å². The van der Waals surface area contributed by atoms with Crippen LogP contribution in [0.3, 0.4) is 0 Å². The van der Waals surface area contributed by atoms with Crippen molar-refractivity contribution in [2.45, 2.75) is 13.5 Å². The van der Waals surface area contributed by atoms with Crippen LogP contribution in [0.5, 0.6) is 5.75 Å². The summed E-state index contributed by atoms with van der Waals surface area (Å²) in [6.45, 7) is 1.54. The molecule has 0 amide bonds. The second-order valence-electron chi connectivity index (χ2n) is 3.81. The SMILES string of the molecule is Cc1cc2c(OS(C)(=O)=O)cc(CO)cc2o1. The molecule has 0 aliphatic carbocycles. The molecule has 1 aromatic heterocycles. The van der Waals surface area contributed by atoms with Gasteiger partial charge in [-0.05, 0) is 30.7 Å². The Morgan fingerprint density at radius 1 is 1.35 bits per heavy atom. The summed E-state index contributed by atoms with van der Waals surface area (Å²) in [5.41, 5.74) is 1.03. The van der Waals surface area contributed by atoms with Gasteiger partial charge in [-0.2, -0.15) is 8.42 Å². The summed E-state index contributed by atoms with van der Waals surface area (Å²) in [6.07, 6.45) is 0.970. The van der Waals surface area contributed by atoms with Crippen molar-refractivity contribution in [1.82, 2.24) is 0 Å². The quantitative estimate of drug-likeness (QED) is 0.843. The number of aliphatic hydroxyl groups is 1. The molecule has 0 unspecified atom stereocenters. The van der Waals surface area contributed by atoms with E-state index in [9.17, 15) is 8.42 Å². The molecule has 1 heterocycles. The first-order chi connectivity index (χ1) is 7.89. The van der Waals surface area contributed by atoms with Gasteiger partial charge in [0.15, 0.2) is 5.75 Å². The molecule has 1 aromatic carbocycles. The van der Waals surface area contributed by atoms with Crippen LogP contribution in [0, 0.1) is 6.92 Å². The predicted molar refractivity (Wildman–Crippen MR) is 62.3 cm³/mol. The molecular formula is C11H12O5S. The molecule has 92 valence electrons. The molecule has 5 nitrogen and oxygen atoms in total. The number of furan rings is 1. The Morgan fingerprint density at radius 3 is 2.65 bits per heavy atom. The number of rotatable bonds is 3. The van der Waals surface area contributed by atoms with Gasteiger partial charge >= 0.3 is 10.1 Å². The summed E-state index contributed by atoms with van der Waals surface area (Å²) in [6, 6.07) is 4.83. The average Bonchev–Trinajstić information content (AvgIpc) is 2.56. The van der Waals surface area contributed by atoms with E-state index >= 15 is 0 Å². The molecule has 0 aliphatic heterocycles. The first-order valence-electron chi connectivity index (χ1n) is 4.92. The maximum absolute atomic E-state index is 11.1. The molecule has 2 aromatic rings. The van der Waals surface area contributed by atoms with Gasteiger partial charge in [-0.3, -0.25) is 0 Å². The van der Waals surface area contributed by atoms with E-state index in [4.69, 9.17) is 13.7 Å². The van der Waals surface area contributed by atoms with Crippen molar-refractivity contribution in [2.24, 2.45) is 0 Å². The fourth-order valence-corrected chi connectivity index (χ4v) is 2.08. The van der Waals surface area contributed by atoms with Gasteiger partial charge in [-0.25, -0.2) is 0 Å². The maximum Gasteiger partial charge on any atom is 0.306 e. The molecule has 17 heavy (non-hydrogen) atoms. The first kappa shape index (κ1) is 11.9. The maximum atomic E-state index is 11.1. The van der Waals surface area contributed by atoms with Crippen LogP contribution in [0.25, 0.3) is 11.0 Å². The number of aliphatic hydroxyl groups excluding tert-OH is 1. The Kier molecular flexibility index (Phi) is 2.84. The second kappa shape index (κ2) is 4.05. The fourth-order valence-electron chi connectivity index (χ4n) is 1.61. The van der Waals surface area contributed by atoms with Gasteiger partial charge in [-0.1, -0.05) is 0 Å². The average molecular weight is 256 g/mol. The molecule has 0 spiro atoms. The molecule has 0 saturated carbocycles. The molecule has 0 saturated heterocycles. The topological polar surface area (TPSA) is 76.7 Å². The second-order valence-corrected chi connectivity index (χ2v) is 5.38. The number of hydrogen-bond acceptors (Lipinski definition) is 5. The van der Waals surface area contributed by atoms with Crippen molar-refractivity contribution in [3.8, 4) is 5.75 Å². The Balaban J connectivity index is 2.66. The molecular weight excluding hydrogens is 244 g/mol. The van der Waals surface area contributed by atoms with E-state index < -0.39 is 10.1 Å². The van der Waals surface area contributed by atoms with Gasteiger partial charge in [0.2, 0.25) is 0 Å². The third-order valence-electron chi connectivity index (χ3n) is 2.21. The van der Waals surface area contributed by atoms with E-state index in [1.807, 2.05) is 0 Å². The van der Waals surface area contributed by atoms with Crippen molar-refractivity contribution in [3.05, 3.63) is 29.5 Å². The Labute approximate surface area is 98.7 Å². The summed E-state index contributed by atoms with van der Waals surface area (Å²) in [5.74, 6) is 0.819. The van der Waals surface area contributed by atoms with Crippen molar-refractivity contribution >= 4 is 21.1 Å². The zero-order valence-corrected chi connectivity index (χ0v) is 10.2. The van der Waals surface area contributed by atoms with Gasteiger partial charge in [0, 0.05) is 0 Å². The Hall–Kier alpha value is -1.53. The highest BCUT2D eigenvalue weighted by atomic mass is 32.2. The van der Waals surface area contributed by atoms with Crippen LogP contribution in [-0.2, 0) is 16.7 Å². The van der Waals surface area contributed by atoms with Gasteiger partial charge in [0.05, 0.1) is 18.2 Å². The molecule has 0 bridgehead atoms. The van der Waals surface area contributed by atoms with Crippen molar-refractivity contribution in [3.63, 3.8) is 0 Å². The molecule has 0 aliphatic rings. The largest absolute Gasteiger partial charge is 0.461 e. The van der Waals surface area contributed by atoms with Crippen LogP contribution < -0.4 is 4.18 Å². The molecule has 0 fully saturated rings. The van der Waals surface area contributed by atoms with Gasteiger partial charge < -0.3 is 13.7 Å². The van der Waals surface area contributed by atoms with Gasteiger partial charge in [0.1, 0.15) is 11.3 Å². The highest BCUT2D eigenvalue weighted by Crippen LogP contribution is 2.31. The smallest absolute Gasteiger partial charge is 0.306 e. The van der Waals surface area contributed by atoms with Crippen LogP contribution in [0.2, 0.25) is 0 Å². The number of aryl methyl sites for hydroxylation is 1. The van der Waals surface area contributed by atoms with Gasteiger partial charge in [0.25, 0.3) is 0 Å².